The zero-order valence-electron chi connectivity index (χ0n) is 18.0. The van der Waals surface area contributed by atoms with Crippen LogP contribution >= 0.6 is 0 Å². The molecule has 0 bridgehead atoms. The summed E-state index contributed by atoms with van der Waals surface area (Å²) < 4.78 is 0. The van der Waals surface area contributed by atoms with E-state index in [0.29, 0.717) is 0 Å². The lowest BCUT2D eigenvalue weighted by molar-refractivity contribution is -0.123. The highest BCUT2D eigenvalue weighted by Gasteiger charge is 2.29. The molecule has 0 aromatic heterocycles. The zero-order chi connectivity index (χ0) is 26.9. The maximum absolute atomic E-state index is 8.96. The number of hydrogen-bond acceptors (Lipinski definition) is 16. The van der Waals surface area contributed by atoms with Crippen molar-refractivity contribution in [2.45, 2.75) is 74.1 Å². The second-order valence-electron chi connectivity index (χ2n) is 6.94. The maximum Gasteiger partial charge on any atom is 0.111 e. The minimum absolute atomic E-state index is 0.641. The third-order valence-corrected chi connectivity index (χ3v) is 4.10. The van der Waals surface area contributed by atoms with Gasteiger partial charge in [-0.05, 0) is 6.92 Å². The van der Waals surface area contributed by atoms with E-state index in [1.807, 2.05) is 0 Å². The van der Waals surface area contributed by atoms with Crippen LogP contribution in [0.15, 0.2) is 0 Å². The SMILES string of the molecule is C[C@@H](O)[C@@H](O)[C@H](O)[C@H](O)CO.OC[C@@H](O)[C@@H](O)[C@H](O)[C@@H](O)CO.OC[C@@H](O)[C@H](O)[C@@H](O)CO. The predicted molar refractivity (Wildman–Crippen MR) is 107 cm³/mol. The number of aliphatic hydroxyl groups is 16. The molecule has 0 aromatic carbocycles. The van der Waals surface area contributed by atoms with E-state index in [1.54, 1.807) is 0 Å². The molecule has 0 aromatic rings. The lowest BCUT2D eigenvalue weighted by Gasteiger charge is -2.24. The van der Waals surface area contributed by atoms with E-state index in [1.165, 1.54) is 6.92 Å². The summed E-state index contributed by atoms with van der Waals surface area (Å²) in [6.07, 6.45) is -16.2. The van der Waals surface area contributed by atoms with Crippen LogP contribution in [-0.4, -0.2) is 182 Å². The summed E-state index contributed by atoms with van der Waals surface area (Å²) in [5.74, 6) is 0. The van der Waals surface area contributed by atoms with Gasteiger partial charge in [0.1, 0.15) is 61.0 Å². The third-order valence-electron chi connectivity index (χ3n) is 4.10. The van der Waals surface area contributed by atoms with Gasteiger partial charge in [-0.1, -0.05) is 0 Å². The summed E-state index contributed by atoms with van der Waals surface area (Å²) in [7, 11) is 0. The molecule has 0 aliphatic heterocycles. The first-order valence-corrected chi connectivity index (χ1v) is 9.71. The molecule has 0 spiro atoms. The Morgan fingerprint density at radius 1 is 0.333 bits per heavy atom. The highest BCUT2D eigenvalue weighted by molar-refractivity contribution is 4.80. The van der Waals surface area contributed by atoms with E-state index < -0.39 is 100 Å². The molecule has 0 rings (SSSR count). The molecule has 204 valence electrons. The van der Waals surface area contributed by atoms with Crippen LogP contribution < -0.4 is 0 Å². The van der Waals surface area contributed by atoms with Gasteiger partial charge in [0.25, 0.3) is 0 Å². The normalized spacial score (nSPS) is 21.4. The smallest absolute Gasteiger partial charge is 0.111 e. The molecule has 0 saturated carbocycles. The monoisotopic (exact) mass is 500 g/mol. The Hall–Kier alpha value is -0.640. The molecule has 33 heavy (non-hydrogen) atoms. The summed E-state index contributed by atoms with van der Waals surface area (Å²) in [6, 6.07) is 0. The Morgan fingerprint density at radius 3 is 0.697 bits per heavy atom. The molecule has 11 atom stereocenters. The van der Waals surface area contributed by atoms with Gasteiger partial charge in [-0.2, -0.15) is 0 Å². The molecule has 16 N–H and O–H groups in total. The van der Waals surface area contributed by atoms with E-state index in [2.05, 4.69) is 0 Å². The van der Waals surface area contributed by atoms with E-state index in [9.17, 15) is 0 Å². The van der Waals surface area contributed by atoms with Crippen molar-refractivity contribution in [2.24, 2.45) is 0 Å². The lowest BCUT2D eigenvalue weighted by Crippen LogP contribution is -2.46. The first kappa shape index (κ1) is 36.9. The van der Waals surface area contributed by atoms with Crippen LogP contribution in [0.4, 0.5) is 0 Å². The second kappa shape index (κ2) is 20.7. The van der Waals surface area contributed by atoms with Crippen molar-refractivity contribution in [2.75, 3.05) is 33.0 Å². The largest absolute Gasteiger partial charge is 0.394 e. The van der Waals surface area contributed by atoms with E-state index in [4.69, 9.17) is 81.7 Å². The molecule has 0 unspecified atom stereocenters. The molecule has 0 aliphatic carbocycles. The molecule has 0 aliphatic rings. The molecule has 16 nitrogen and oxygen atoms in total. The van der Waals surface area contributed by atoms with Crippen molar-refractivity contribution in [1.29, 1.82) is 0 Å². The van der Waals surface area contributed by atoms with E-state index in [0.717, 1.165) is 0 Å². The van der Waals surface area contributed by atoms with Crippen molar-refractivity contribution >= 4 is 0 Å². The molecule has 0 saturated heterocycles. The molecular formula is C17H40O16. The summed E-state index contributed by atoms with van der Waals surface area (Å²) in [4.78, 5) is 0. The summed E-state index contributed by atoms with van der Waals surface area (Å²) in [5.41, 5.74) is 0. The van der Waals surface area contributed by atoms with Gasteiger partial charge < -0.3 is 81.7 Å². The highest BCUT2D eigenvalue weighted by atomic mass is 16.4. The third kappa shape index (κ3) is 15.8. The van der Waals surface area contributed by atoms with Gasteiger partial charge >= 0.3 is 0 Å². The lowest BCUT2D eigenvalue weighted by atomic mass is 10.0. The summed E-state index contributed by atoms with van der Waals surface area (Å²) >= 11 is 0. The Morgan fingerprint density at radius 2 is 0.515 bits per heavy atom. The Kier molecular flexibility index (Phi) is 23.2. The van der Waals surface area contributed by atoms with Gasteiger partial charge in [0.05, 0.1) is 39.1 Å². The average Bonchev–Trinajstić information content (AvgIpc) is 2.84. The van der Waals surface area contributed by atoms with Crippen molar-refractivity contribution < 1.29 is 81.7 Å². The minimum atomic E-state index is -1.67. The van der Waals surface area contributed by atoms with Crippen molar-refractivity contribution in [1.82, 2.24) is 0 Å². The van der Waals surface area contributed by atoms with Gasteiger partial charge in [-0.15, -0.1) is 0 Å². The predicted octanol–water partition coefficient (Wildman–Crippen LogP) is -9.09. The van der Waals surface area contributed by atoms with E-state index >= 15 is 0 Å². The quantitative estimate of drug-likeness (QED) is 0.111. The molecule has 0 radical (unpaired) electrons. The average molecular weight is 500 g/mol. The first-order valence-electron chi connectivity index (χ1n) is 9.71. The van der Waals surface area contributed by atoms with Gasteiger partial charge in [-0.3, -0.25) is 0 Å². The Balaban J connectivity index is -0.000000411. The van der Waals surface area contributed by atoms with E-state index in [-0.39, 0.29) is 0 Å². The van der Waals surface area contributed by atoms with Crippen LogP contribution in [0.25, 0.3) is 0 Å². The van der Waals surface area contributed by atoms with Crippen LogP contribution in [0.5, 0.6) is 0 Å². The fourth-order valence-electron chi connectivity index (χ4n) is 1.76. The van der Waals surface area contributed by atoms with Gasteiger partial charge in [-0.25, -0.2) is 0 Å². The molecule has 0 amide bonds. The Bertz CT molecular complexity index is 406. The number of aliphatic hydroxyl groups excluding tert-OH is 16. The molecule has 16 heteroatoms. The topological polar surface area (TPSA) is 324 Å². The van der Waals surface area contributed by atoms with Crippen LogP contribution in [-0.2, 0) is 0 Å². The van der Waals surface area contributed by atoms with Crippen molar-refractivity contribution in [3.05, 3.63) is 0 Å². The van der Waals surface area contributed by atoms with Gasteiger partial charge in [0.2, 0.25) is 0 Å². The fourth-order valence-corrected chi connectivity index (χ4v) is 1.76. The summed E-state index contributed by atoms with van der Waals surface area (Å²) in [6.45, 7) is -2.11. The van der Waals surface area contributed by atoms with Crippen LogP contribution in [0, 0.1) is 0 Å². The van der Waals surface area contributed by atoms with Gasteiger partial charge in [0.15, 0.2) is 0 Å². The number of hydrogen-bond donors (Lipinski definition) is 16. The molecule has 0 heterocycles. The molecular weight excluding hydrogens is 460 g/mol. The second-order valence-corrected chi connectivity index (χ2v) is 6.94. The number of rotatable bonds is 13. The van der Waals surface area contributed by atoms with Crippen molar-refractivity contribution in [3.8, 4) is 0 Å². The fraction of sp³-hybridized carbons (Fsp3) is 1.00. The van der Waals surface area contributed by atoms with Crippen molar-refractivity contribution in [3.63, 3.8) is 0 Å². The zero-order valence-corrected chi connectivity index (χ0v) is 18.0. The summed E-state index contributed by atoms with van der Waals surface area (Å²) in [5, 5.41) is 138. The maximum atomic E-state index is 8.96. The first-order chi connectivity index (χ1) is 15.2. The minimum Gasteiger partial charge on any atom is -0.394 e. The van der Waals surface area contributed by atoms with Crippen LogP contribution in [0.3, 0.4) is 0 Å². The standard InChI is InChI=1S/C6H14O6.C6H14O5.C5H12O5/c7-1-3(9)5(11)6(12)4(10)2-8;1-3(8)5(10)6(11)4(9)2-7;6-1-3(8)5(10)4(9)2-7/h3-12H,1-2H2;3-11H,2H2,1H3;3-10H,1-2H2/t3-,4+,5-,6-;3-,4-,5-,6-;3-,4+,5+/m11./s1. The Labute approximate surface area is 189 Å². The van der Waals surface area contributed by atoms with Gasteiger partial charge in [0, 0.05) is 0 Å². The molecule has 0 fully saturated rings. The highest BCUT2D eigenvalue weighted by Crippen LogP contribution is 2.04. The van der Waals surface area contributed by atoms with Crippen LogP contribution in [0.1, 0.15) is 6.92 Å². The van der Waals surface area contributed by atoms with Crippen LogP contribution in [0.2, 0.25) is 0 Å².